The third kappa shape index (κ3) is 3.56. The number of rotatable bonds is 4. The van der Waals surface area contributed by atoms with Crippen LogP contribution in [0.25, 0.3) is 0 Å². The van der Waals surface area contributed by atoms with E-state index in [1.54, 1.807) is 17.0 Å². The molecule has 1 aromatic rings. The minimum Gasteiger partial charge on any atom is -0.454 e. The van der Waals surface area contributed by atoms with Gasteiger partial charge in [0.05, 0.1) is 11.3 Å². The van der Waals surface area contributed by atoms with Crippen LogP contribution in [0.3, 0.4) is 0 Å². The van der Waals surface area contributed by atoms with Crippen molar-refractivity contribution in [2.75, 3.05) is 25.7 Å². The lowest BCUT2D eigenvalue weighted by Crippen LogP contribution is -2.37. The van der Waals surface area contributed by atoms with E-state index >= 15 is 0 Å². The summed E-state index contributed by atoms with van der Waals surface area (Å²) in [7, 11) is -3.46. The van der Waals surface area contributed by atoms with Crippen LogP contribution in [0, 0.1) is 0 Å². The van der Waals surface area contributed by atoms with Crippen molar-refractivity contribution in [3.63, 3.8) is 0 Å². The maximum absolute atomic E-state index is 12.2. The van der Waals surface area contributed by atoms with Crippen molar-refractivity contribution in [1.82, 2.24) is 4.90 Å². The van der Waals surface area contributed by atoms with Gasteiger partial charge >= 0.3 is 5.97 Å². The van der Waals surface area contributed by atoms with Gasteiger partial charge in [-0.15, -0.1) is 4.40 Å². The topological polar surface area (TPSA) is 112 Å². The van der Waals surface area contributed by atoms with Crippen LogP contribution in [-0.2, 0) is 19.6 Å². The number of Topliss-reactive ketones (excluding diaryl/α,β-unsaturated/α-hetero) is 1. The highest BCUT2D eigenvalue weighted by atomic mass is 32.2. The van der Waals surface area contributed by atoms with Crippen molar-refractivity contribution in [1.29, 1.82) is 0 Å². The van der Waals surface area contributed by atoms with Crippen LogP contribution >= 0.6 is 0 Å². The molecule has 0 saturated heterocycles. The van der Waals surface area contributed by atoms with Crippen LogP contribution in [0.5, 0.6) is 11.5 Å². The van der Waals surface area contributed by atoms with E-state index in [4.69, 9.17) is 14.2 Å². The first-order valence-electron chi connectivity index (χ1n) is 8.00. The maximum atomic E-state index is 12.2. The first-order valence-corrected chi connectivity index (χ1v) is 9.61. The number of benzene rings is 1. The lowest BCUT2D eigenvalue weighted by atomic mass is 10.1. The summed E-state index contributed by atoms with van der Waals surface area (Å²) in [6.45, 7) is -0.136. The summed E-state index contributed by atoms with van der Waals surface area (Å²) in [5.74, 6) is 0.0700. The van der Waals surface area contributed by atoms with Crippen LogP contribution in [0.1, 0.15) is 10.4 Å². The Morgan fingerprint density at radius 3 is 2.85 bits per heavy atom. The van der Waals surface area contributed by atoms with Crippen LogP contribution in [0.2, 0.25) is 0 Å². The number of ether oxygens (including phenoxy) is 3. The Morgan fingerprint density at radius 2 is 2.00 bits per heavy atom. The lowest BCUT2D eigenvalue weighted by molar-refractivity contribution is -0.137. The molecule has 27 heavy (non-hydrogen) atoms. The fourth-order valence-electron chi connectivity index (χ4n) is 2.69. The summed E-state index contributed by atoms with van der Waals surface area (Å²) in [4.78, 5) is 26.0. The second-order valence-electron chi connectivity index (χ2n) is 5.91. The third-order valence-electron chi connectivity index (χ3n) is 4.09. The minimum atomic E-state index is -3.46. The van der Waals surface area contributed by atoms with Crippen molar-refractivity contribution in [2.24, 2.45) is 4.40 Å². The van der Waals surface area contributed by atoms with Crippen LogP contribution in [-0.4, -0.2) is 56.6 Å². The fraction of sp³-hybridized carbons (Fsp3) is 0.235. The number of carbonyl (C=O) groups is 2. The number of nitrogens with zero attached hydrogens (tertiary/aromatic N) is 2. The van der Waals surface area contributed by atoms with E-state index in [1.165, 1.54) is 24.4 Å². The zero-order valence-corrected chi connectivity index (χ0v) is 14.8. The van der Waals surface area contributed by atoms with E-state index in [2.05, 4.69) is 4.40 Å². The second kappa shape index (κ2) is 6.54. The molecule has 10 heteroatoms. The van der Waals surface area contributed by atoms with Crippen LogP contribution < -0.4 is 9.47 Å². The molecule has 3 aliphatic rings. The van der Waals surface area contributed by atoms with Crippen molar-refractivity contribution in [3.8, 4) is 11.5 Å². The molecule has 0 saturated carbocycles. The zero-order valence-electron chi connectivity index (χ0n) is 14.0. The molecule has 0 unspecified atom stereocenters. The van der Waals surface area contributed by atoms with E-state index in [0.29, 0.717) is 17.1 Å². The number of hydrogen-bond acceptors (Lipinski definition) is 8. The van der Waals surface area contributed by atoms with Gasteiger partial charge in [-0.05, 0) is 30.4 Å². The normalized spacial score (nSPS) is 19.0. The monoisotopic (exact) mass is 390 g/mol. The largest absolute Gasteiger partial charge is 0.454 e. The summed E-state index contributed by atoms with van der Waals surface area (Å²) in [5.41, 5.74) is 0.544. The number of amidine groups is 1. The molecule has 0 N–H and O–H groups in total. The Morgan fingerprint density at radius 1 is 1.19 bits per heavy atom. The van der Waals surface area contributed by atoms with Gasteiger partial charge in [-0.1, -0.05) is 0 Å². The van der Waals surface area contributed by atoms with Crippen LogP contribution in [0.4, 0.5) is 0 Å². The van der Waals surface area contributed by atoms with Gasteiger partial charge in [0.2, 0.25) is 6.79 Å². The van der Waals surface area contributed by atoms with Crippen molar-refractivity contribution in [3.05, 3.63) is 47.7 Å². The van der Waals surface area contributed by atoms with Crippen LogP contribution in [0.15, 0.2) is 46.5 Å². The highest BCUT2D eigenvalue weighted by Crippen LogP contribution is 2.32. The molecular weight excluding hydrogens is 376 g/mol. The average Bonchev–Trinajstić information content (AvgIpc) is 3.12. The van der Waals surface area contributed by atoms with Gasteiger partial charge in [-0.2, -0.15) is 0 Å². The molecule has 0 aromatic heterocycles. The molecule has 3 heterocycles. The molecule has 3 aliphatic heterocycles. The van der Waals surface area contributed by atoms with Gasteiger partial charge in [0.1, 0.15) is 5.84 Å². The number of carbonyl (C=O) groups excluding carboxylic acids is 2. The first kappa shape index (κ1) is 17.3. The van der Waals surface area contributed by atoms with E-state index in [0.717, 1.165) is 0 Å². The molecule has 0 amide bonds. The van der Waals surface area contributed by atoms with Gasteiger partial charge in [0.15, 0.2) is 23.9 Å². The van der Waals surface area contributed by atoms with E-state index in [1.807, 2.05) is 0 Å². The minimum absolute atomic E-state index is 0.103. The highest BCUT2D eigenvalue weighted by molar-refractivity contribution is 7.90. The SMILES string of the molecule is O=C(OCC(=O)c1ccc2c(c1)OCO2)C1=CN2CCS(=O)(=O)N=C2C=C1. The standard InChI is InChI=1S/C17H14N2O7S/c20-13(11-1-3-14-15(7-11)26-10-25-14)9-24-17(21)12-2-4-16-18-27(22,23)6-5-19(16)8-12/h1-4,7-8H,5-6,9-10H2. The van der Waals surface area contributed by atoms with Gasteiger partial charge in [0.25, 0.3) is 10.0 Å². The summed E-state index contributed by atoms with van der Waals surface area (Å²) in [6, 6.07) is 4.73. The first-order chi connectivity index (χ1) is 12.9. The number of hydrogen-bond donors (Lipinski definition) is 0. The molecule has 0 aliphatic carbocycles. The van der Waals surface area contributed by atoms with Gasteiger partial charge in [-0.25, -0.2) is 13.2 Å². The van der Waals surface area contributed by atoms with E-state index in [9.17, 15) is 18.0 Å². The second-order valence-corrected chi connectivity index (χ2v) is 7.67. The maximum Gasteiger partial charge on any atom is 0.340 e. The van der Waals surface area contributed by atoms with E-state index in [-0.39, 0.29) is 36.3 Å². The Hall–Kier alpha value is -3.14. The summed E-state index contributed by atoms with van der Waals surface area (Å²) in [6.07, 6.45) is 4.29. The van der Waals surface area contributed by atoms with Gasteiger partial charge in [-0.3, -0.25) is 4.79 Å². The highest BCUT2D eigenvalue weighted by Gasteiger charge is 2.26. The molecule has 0 radical (unpaired) electrons. The number of fused-ring (bicyclic) bond motifs is 2. The molecule has 140 valence electrons. The molecule has 4 rings (SSSR count). The Labute approximate surface area is 154 Å². The number of sulfonamides is 1. The molecule has 0 atom stereocenters. The zero-order chi connectivity index (χ0) is 19.0. The summed E-state index contributed by atoms with van der Waals surface area (Å²) in [5, 5.41) is 0. The number of esters is 1. The smallest absolute Gasteiger partial charge is 0.340 e. The summed E-state index contributed by atoms with van der Waals surface area (Å²) < 4.78 is 42.1. The quantitative estimate of drug-likeness (QED) is 0.544. The lowest BCUT2D eigenvalue weighted by Gasteiger charge is -2.26. The predicted octanol–water partition coefficient (Wildman–Crippen LogP) is 0.639. The fourth-order valence-corrected chi connectivity index (χ4v) is 3.66. The molecule has 0 fully saturated rings. The molecule has 0 spiro atoms. The summed E-state index contributed by atoms with van der Waals surface area (Å²) >= 11 is 0. The molecule has 1 aromatic carbocycles. The van der Waals surface area contributed by atoms with Crippen molar-refractivity contribution in [2.45, 2.75) is 0 Å². The Balaban J connectivity index is 1.39. The molecule has 0 bridgehead atoms. The Bertz CT molecular complexity index is 1020. The Kier molecular flexibility index (Phi) is 4.19. The van der Waals surface area contributed by atoms with Gasteiger partial charge < -0.3 is 19.1 Å². The average molecular weight is 390 g/mol. The van der Waals surface area contributed by atoms with Crippen molar-refractivity contribution < 1.29 is 32.2 Å². The molecular formula is C17H14N2O7S. The molecule has 9 nitrogen and oxygen atoms in total. The number of ketones is 1. The predicted molar refractivity (Wildman–Crippen MR) is 93.0 cm³/mol. The van der Waals surface area contributed by atoms with Crippen molar-refractivity contribution >= 4 is 27.6 Å². The van der Waals surface area contributed by atoms with E-state index < -0.39 is 22.6 Å². The van der Waals surface area contributed by atoms with Gasteiger partial charge in [0, 0.05) is 18.3 Å². The third-order valence-corrected chi connectivity index (χ3v) is 5.25.